The summed E-state index contributed by atoms with van der Waals surface area (Å²) in [6.07, 6.45) is 19.5. The number of aromatic nitrogens is 2. The minimum absolute atomic E-state index is 0.155. The van der Waals surface area contributed by atoms with Gasteiger partial charge in [0.15, 0.2) is 0 Å². The standard InChI is InChI=1S/C31H56N3O4S/c1-6-8-10-12-13-14-15-16-17-19-24-37-31(35)38-30(26(3)4)34(5)22-20-21-27(25-34)28-29(33-39-32-28)36-23-18-11-9-7-2/h21,26,30H,6-20,22-25H2,1-5H3/q+1. The third-order valence-corrected chi connectivity index (χ3v) is 8.19. The smallest absolute Gasteiger partial charge is 0.475 e. The lowest BCUT2D eigenvalue weighted by atomic mass is 10.0. The zero-order valence-corrected chi connectivity index (χ0v) is 26.4. The van der Waals surface area contributed by atoms with Gasteiger partial charge in [0, 0.05) is 17.9 Å². The Labute approximate surface area is 242 Å². The van der Waals surface area contributed by atoms with Gasteiger partial charge >= 0.3 is 6.16 Å². The number of carbonyl (C=O) groups excluding carboxylic acids is 1. The Balaban J connectivity index is 1.78. The summed E-state index contributed by atoms with van der Waals surface area (Å²) in [4.78, 5) is 12.7. The van der Waals surface area contributed by atoms with E-state index in [0.717, 1.165) is 43.5 Å². The maximum absolute atomic E-state index is 12.7. The molecule has 0 saturated carbocycles. The van der Waals surface area contributed by atoms with Gasteiger partial charge in [-0.3, -0.25) is 4.48 Å². The Morgan fingerprint density at radius 1 is 0.897 bits per heavy atom. The van der Waals surface area contributed by atoms with Gasteiger partial charge in [-0.05, 0) is 12.8 Å². The molecular formula is C31H56N3O4S+. The van der Waals surface area contributed by atoms with Crippen LogP contribution in [0.2, 0.25) is 0 Å². The van der Waals surface area contributed by atoms with Crippen molar-refractivity contribution < 1.29 is 23.5 Å². The van der Waals surface area contributed by atoms with Crippen molar-refractivity contribution in [2.45, 2.75) is 130 Å². The second-order valence-corrected chi connectivity index (χ2v) is 12.3. The van der Waals surface area contributed by atoms with Crippen LogP contribution in [0.5, 0.6) is 5.88 Å². The van der Waals surface area contributed by atoms with Crippen molar-refractivity contribution in [1.29, 1.82) is 0 Å². The lowest BCUT2D eigenvalue weighted by molar-refractivity contribution is -0.950. The monoisotopic (exact) mass is 566 g/mol. The Bertz CT molecular complexity index is 829. The Hall–Kier alpha value is -1.67. The highest BCUT2D eigenvalue weighted by Crippen LogP contribution is 2.33. The molecule has 1 aliphatic rings. The second-order valence-electron chi connectivity index (χ2n) is 11.7. The average molecular weight is 567 g/mol. The van der Waals surface area contributed by atoms with Crippen LogP contribution in [0.25, 0.3) is 5.57 Å². The van der Waals surface area contributed by atoms with Gasteiger partial charge in [-0.25, -0.2) is 4.79 Å². The predicted molar refractivity (Wildman–Crippen MR) is 161 cm³/mol. The number of quaternary nitrogens is 1. The quantitative estimate of drug-likeness (QED) is 0.0841. The molecule has 2 unspecified atom stereocenters. The van der Waals surface area contributed by atoms with Gasteiger partial charge in [0.1, 0.15) is 12.2 Å². The van der Waals surface area contributed by atoms with E-state index in [9.17, 15) is 4.79 Å². The lowest BCUT2D eigenvalue weighted by Gasteiger charge is -2.44. The van der Waals surface area contributed by atoms with Gasteiger partial charge in [0.05, 0.1) is 38.5 Å². The van der Waals surface area contributed by atoms with E-state index in [0.29, 0.717) is 30.1 Å². The van der Waals surface area contributed by atoms with Gasteiger partial charge in [0.2, 0.25) is 6.23 Å². The first-order valence-corrected chi connectivity index (χ1v) is 16.5. The molecule has 0 radical (unpaired) electrons. The third-order valence-electron chi connectivity index (χ3n) is 7.68. The van der Waals surface area contributed by atoms with E-state index in [4.69, 9.17) is 14.2 Å². The van der Waals surface area contributed by atoms with Crippen LogP contribution < -0.4 is 4.74 Å². The first kappa shape index (κ1) is 33.5. The molecular weight excluding hydrogens is 510 g/mol. The van der Waals surface area contributed by atoms with Crippen molar-refractivity contribution in [2.24, 2.45) is 5.92 Å². The predicted octanol–water partition coefficient (Wildman–Crippen LogP) is 8.79. The highest BCUT2D eigenvalue weighted by Gasteiger charge is 2.41. The minimum atomic E-state index is -0.550. The van der Waals surface area contributed by atoms with E-state index < -0.39 is 6.16 Å². The molecule has 1 aromatic heterocycles. The van der Waals surface area contributed by atoms with Crippen LogP contribution in [0.3, 0.4) is 0 Å². The number of carbonyl (C=O) groups is 1. The van der Waals surface area contributed by atoms with Crippen molar-refractivity contribution >= 4 is 23.5 Å². The normalized spacial score (nSPS) is 18.2. The number of ether oxygens (including phenoxy) is 3. The van der Waals surface area contributed by atoms with E-state index in [1.54, 1.807) is 0 Å². The molecule has 0 amide bonds. The SMILES string of the molecule is CCCCCCCCCCCCOC(=O)OC(C(C)C)[N+]1(C)CCC=C(c2nsnc2OCCCCCC)C1. The van der Waals surface area contributed by atoms with E-state index >= 15 is 0 Å². The Kier molecular flexibility index (Phi) is 16.7. The maximum Gasteiger partial charge on any atom is 0.512 e. The fraction of sp³-hybridized carbons (Fsp3) is 0.839. The highest BCUT2D eigenvalue weighted by molar-refractivity contribution is 6.99. The van der Waals surface area contributed by atoms with Crippen molar-refractivity contribution in [3.8, 4) is 5.88 Å². The topological polar surface area (TPSA) is 70.5 Å². The summed E-state index contributed by atoms with van der Waals surface area (Å²) in [6, 6.07) is 0. The molecule has 224 valence electrons. The molecule has 0 spiro atoms. The number of nitrogens with zero attached hydrogens (tertiary/aromatic N) is 3. The van der Waals surface area contributed by atoms with Gasteiger partial charge < -0.3 is 14.2 Å². The van der Waals surface area contributed by atoms with Crippen LogP contribution in [-0.4, -0.2) is 59.0 Å². The van der Waals surface area contributed by atoms with Crippen molar-refractivity contribution in [1.82, 2.24) is 8.75 Å². The Morgan fingerprint density at radius 3 is 2.13 bits per heavy atom. The maximum atomic E-state index is 12.7. The number of hydrogen-bond donors (Lipinski definition) is 0. The molecule has 39 heavy (non-hydrogen) atoms. The molecule has 2 heterocycles. The summed E-state index contributed by atoms with van der Waals surface area (Å²) in [7, 11) is 2.16. The van der Waals surface area contributed by atoms with Crippen molar-refractivity contribution in [3.05, 3.63) is 11.8 Å². The summed E-state index contributed by atoms with van der Waals surface area (Å²) >= 11 is 1.20. The molecule has 0 aliphatic carbocycles. The highest BCUT2D eigenvalue weighted by atomic mass is 32.1. The van der Waals surface area contributed by atoms with Crippen molar-refractivity contribution in [3.63, 3.8) is 0 Å². The number of hydrogen-bond acceptors (Lipinski definition) is 7. The van der Waals surface area contributed by atoms with Gasteiger partial charge in [-0.1, -0.05) is 111 Å². The molecule has 1 aliphatic heterocycles. The summed E-state index contributed by atoms with van der Waals surface area (Å²) in [5.74, 6) is 0.788. The average Bonchev–Trinajstić information content (AvgIpc) is 3.38. The van der Waals surface area contributed by atoms with Crippen LogP contribution in [0.15, 0.2) is 6.08 Å². The fourth-order valence-corrected chi connectivity index (χ4v) is 6.02. The summed E-state index contributed by atoms with van der Waals surface area (Å²) in [5.41, 5.74) is 1.96. The van der Waals surface area contributed by atoms with Gasteiger partial charge in [-0.2, -0.15) is 4.37 Å². The Morgan fingerprint density at radius 2 is 1.49 bits per heavy atom. The van der Waals surface area contributed by atoms with E-state index in [-0.39, 0.29) is 12.1 Å². The molecule has 1 aromatic rings. The van der Waals surface area contributed by atoms with Crippen LogP contribution in [0.4, 0.5) is 4.79 Å². The molecule has 7 nitrogen and oxygen atoms in total. The van der Waals surface area contributed by atoms with Crippen LogP contribution in [0, 0.1) is 5.92 Å². The molecule has 0 N–H and O–H groups in total. The molecule has 8 heteroatoms. The first-order valence-electron chi connectivity index (χ1n) is 15.7. The molecule has 0 fully saturated rings. The summed E-state index contributed by atoms with van der Waals surface area (Å²) in [5, 5.41) is 0. The molecule has 2 rings (SSSR count). The molecule has 0 bridgehead atoms. The number of unbranched alkanes of at least 4 members (excludes halogenated alkanes) is 12. The minimum Gasteiger partial charge on any atom is -0.475 e. The van der Waals surface area contributed by atoms with Crippen LogP contribution in [0.1, 0.15) is 130 Å². The summed E-state index contributed by atoms with van der Waals surface area (Å²) in [6.45, 7) is 11.4. The first-order chi connectivity index (χ1) is 18.9. The molecule has 0 saturated heterocycles. The second kappa shape index (κ2) is 19.4. The van der Waals surface area contributed by atoms with Gasteiger partial charge in [0.25, 0.3) is 5.88 Å². The van der Waals surface area contributed by atoms with Crippen LogP contribution in [-0.2, 0) is 9.47 Å². The van der Waals surface area contributed by atoms with Crippen molar-refractivity contribution in [2.75, 3.05) is 33.4 Å². The summed E-state index contributed by atoms with van der Waals surface area (Å²) < 4.78 is 27.1. The van der Waals surface area contributed by atoms with Gasteiger partial charge in [-0.15, -0.1) is 4.37 Å². The van der Waals surface area contributed by atoms with E-state index in [2.05, 4.69) is 49.6 Å². The molecule has 0 aromatic carbocycles. The lowest BCUT2D eigenvalue weighted by Crippen LogP contribution is -2.58. The van der Waals surface area contributed by atoms with E-state index in [1.165, 1.54) is 82.4 Å². The van der Waals surface area contributed by atoms with E-state index in [1.807, 2.05) is 0 Å². The van der Waals surface area contributed by atoms with Crippen LogP contribution >= 0.6 is 11.7 Å². The third kappa shape index (κ3) is 12.6. The largest absolute Gasteiger partial charge is 0.512 e. The fourth-order valence-electron chi connectivity index (χ4n) is 5.48. The molecule has 2 atom stereocenters. The zero-order valence-electron chi connectivity index (χ0n) is 25.5. The zero-order chi connectivity index (χ0) is 28.3. The number of likely N-dealkylation sites (N-methyl/N-ethyl adjacent to an activating group) is 1. The number of rotatable bonds is 21.